The predicted molar refractivity (Wildman–Crippen MR) is 82.3 cm³/mol. The lowest BCUT2D eigenvalue weighted by Gasteiger charge is -2.16. The fourth-order valence-corrected chi connectivity index (χ4v) is 2.81. The van der Waals surface area contributed by atoms with E-state index in [1.54, 1.807) is 0 Å². The van der Waals surface area contributed by atoms with E-state index in [1.165, 1.54) is 16.8 Å². The maximum absolute atomic E-state index is 5.95. The molecule has 1 aromatic carbocycles. The van der Waals surface area contributed by atoms with Crippen LogP contribution in [0, 0.1) is 13.8 Å². The van der Waals surface area contributed by atoms with Gasteiger partial charge in [-0.15, -0.1) is 0 Å². The molecule has 0 saturated heterocycles. The minimum absolute atomic E-state index is 0.326. The lowest BCUT2D eigenvalue weighted by molar-refractivity contribution is 0.627. The van der Waals surface area contributed by atoms with Crippen molar-refractivity contribution in [2.45, 2.75) is 26.2 Å². The smallest absolute Gasteiger partial charge is 0.0738 e. The Morgan fingerprint density at radius 3 is 2.37 bits per heavy atom. The summed E-state index contributed by atoms with van der Waals surface area (Å²) in [5, 5.41) is 4.43. The highest BCUT2D eigenvalue weighted by atomic mass is 79.9. The fourth-order valence-electron chi connectivity index (χ4n) is 2.31. The zero-order valence-electron chi connectivity index (χ0n) is 11.7. The third-order valence-corrected chi connectivity index (χ3v) is 4.57. The van der Waals surface area contributed by atoms with Crippen molar-refractivity contribution in [1.82, 2.24) is 9.78 Å². The number of aromatic nitrogens is 2. The van der Waals surface area contributed by atoms with Gasteiger partial charge in [0, 0.05) is 13.0 Å². The number of hydrogen-bond donors (Lipinski definition) is 1. The molecule has 102 valence electrons. The molecule has 0 aliphatic carbocycles. The van der Waals surface area contributed by atoms with Crippen molar-refractivity contribution < 1.29 is 0 Å². The van der Waals surface area contributed by atoms with Gasteiger partial charge in [0.15, 0.2) is 0 Å². The van der Waals surface area contributed by atoms with Gasteiger partial charge in [-0.05, 0) is 48.3 Å². The van der Waals surface area contributed by atoms with Crippen molar-refractivity contribution >= 4 is 15.9 Å². The molecule has 1 atom stereocenters. The Morgan fingerprint density at radius 2 is 1.89 bits per heavy atom. The van der Waals surface area contributed by atoms with E-state index in [-0.39, 0.29) is 0 Å². The minimum Gasteiger partial charge on any atom is -0.330 e. The molecule has 0 spiro atoms. The summed E-state index contributed by atoms with van der Waals surface area (Å²) in [6.45, 7) is 4.75. The van der Waals surface area contributed by atoms with Crippen molar-refractivity contribution in [2.24, 2.45) is 12.8 Å². The first-order valence-corrected chi connectivity index (χ1v) is 7.26. The molecule has 19 heavy (non-hydrogen) atoms. The van der Waals surface area contributed by atoms with E-state index in [2.05, 4.69) is 52.2 Å². The Balaban J connectivity index is 2.26. The topological polar surface area (TPSA) is 43.8 Å². The fraction of sp³-hybridized carbons (Fsp3) is 0.400. The Bertz CT molecular complexity index is 558. The standard InChI is InChI=1S/C15H20BrN3/c1-10-4-6-12(7-5-10)13(9-17)8-14-15(16)11(2)18-19(14)3/h4-7,13H,8-9,17H2,1-3H3. The van der Waals surface area contributed by atoms with Crippen molar-refractivity contribution in [3.05, 3.63) is 51.3 Å². The molecule has 1 aromatic heterocycles. The van der Waals surface area contributed by atoms with Gasteiger partial charge in [-0.2, -0.15) is 5.10 Å². The molecule has 0 aliphatic rings. The summed E-state index contributed by atoms with van der Waals surface area (Å²) in [4.78, 5) is 0. The molecule has 0 amide bonds. The Kier molecular flexibility index (Phi) is 4.42. The van der Waals surface area contributed by atoms with Crippen LogP contribution in [0.4, 0.5) is 0 Å². The molecule has 1 heterocycles. The third-order valence-electron chi connectivity index (χ3n) is 3.53. The van der Waals surface area contributed by atoms with Gasteiger partial charge >= 0.3 is 0 Å². The highest BCUT2D eigenvalue weighted by Gasteiger charge is 2.17. The Hall–Kier alpha value is -1.13. The first-order chi connectivity index (χ1) is 9.02. The highest BCUT2D eigenvalue weighted by Crippen LogP contribution is 2.27. The molecule has 0 radical (unpaired) electrons. The van der Waals surface area contributed by atoms with Gasteiger partial charge in [0.25, 0.3) is 0 Å². The van der Waals surface area contributed by atoms with E-state index >= 15 is 0 Å². The zero-order valence-corrected chi connectivity index (χ0v) is 13.2. The number of aryl methyl sites for hydroxylation is 3. The van der Waals surface area contributed by atoms with E-state index in [0.717, 1.165) is 16.6 Å². The summed E-state index contributed by atoms with van der Waals surface area (Å²) < 4.78 is 3.04. The second-order valence-corrected chi connectivity index (χ2v) is 5.81. The summed E-state index contributed by atoms with van der Waals surface area (Å²) in [7, 11) is 1.98. The van der Waals surface area contributed by atoms with E-state index < -0.39 is 0 Å². The maximum Gasteiger partial charge on any atom is 0.0738 e. The molecule has 4 heteroatoms. The lowest BCUT2D eigenvalue weighted by Crippen LogP contribution is -2.16. The lowest BCUT2D eigenvalue weighted by atomic mass is 9.93. The van der Waals surface area contributed by atoms with E-state index in [1.807, 2.05) is 18.7 Å². The van der Waals surface area contributed by atoms with Crippen LogP contribution in [0.1, 0.15) is 28.4 Å². The average Bonchev–Trinajstić information content (AvgIpc) is 2.63. The summed E-state index contributed by atoms with van der Waals surface area (Å²) in [5.41, 5.74) is 10.7. The molecule has 1 unspecified atom stereocenters. The summed E-state index contributed by atoms with van der Waals surface area (Å²) in [6.07, 6.45) is 0.900. The van der Waals surface area contributed by atoms with E-state index in [0.29, 0.717) is 12.5 Å². The van der Waals surface area contributed by atoms with Crippen LogP contribution >= 0.6 is 15.9 Å². The number of nitrogens with zero attached hydrogens (tertiary/aromatic N) is 2. The average molecular weight is 322 g/mol. The van der Waals surface area contributed by atoms with Crippen LogP contribution in [0.3, 0.4) is 0 Å². The number of nitrogens with two attached hydrogens (primary N) is 1. The minimum atomic E-state index is 0.326. The Morgan fingerprint density at radius 1 is 1.26 bits per heavy atom. The molecular weight excluding hydrogens is 302 g/mol. The molecule has 0 aliphatic heterocycles. The molecule has 0 fully saturated rings. The van der Waals surface area contributed by atoms with Crippen molar-refractivity contribution in [2.75, 3.05) is 6.54 Å². The second-order valence-electron chi connectivity index (χ2n) is 5.02. The largest absolute Gasteiger partial charge is 0.330 e. The molecule has 2 rings (SSSR count). The molecular formula is C15H20BrN3. The van der Waals surface area contributed by atoms with Gasteiger partial charge in [0.05, 0.1) is 15.9 Å². The van der Waals surface area contributed by atoms with Crippen molar-refractivity contribution in [3.63, 3.8) is 0 Å². The van der Waals surface area contributed by atoms with Crippen LogP contribution in [0.2, 0.25) is 0 Å². The van der Waals surface area contributed by atoms with Gasteiger partial charge in [-0.25, -0.2) is 0 Å². The van der Waals surface area contributed by atoms with Gasteiger partial charge < -0.3 is 5.73 Å². The predicted octanol–water partition coefficient (Wildman–Crippen LogP) is 3.08. The monoisotopic (exact) mass is 321 g/mol. The number of benzene rings is 1. The van der Waals surface area contributed by atoms with Gasteiger partial charge in [0.2, 0.25) is 0 Å². The molecule has 2 aromatic rings. The quantitative estimate of drug-likeness (QED) is 0.940. The van der Waals surface area contributed by atoms with E-state index in [9.17, 15) is 0 Å². The number of rotatable bonds is 4. The van der Waals surface area contributed by atoms with Gasteiger partial charge in [0.1, 0.15) is 0 Å². The van der Waals surface area contributed by atoms with Crippen molar-refractivity contribution in [3.8, 4) is 0 Å². The first kappa shape index (κ1) is 14.3. The van der Waals surface area contributed by atoms with Gasteiger partial charge in [-0.1, -0.05) is 29.8 Å². The van der Waals surface area contributed by atoms with Gasteiger partial charge in [-0.3, -0.25) is 4.68 Å². The summed E-state index contributed by atoms with van der Waals surface area (Å²) in [5.74, 6) is 0.326. The first-order valence-electron chi connectivity index (χ1n) is 6.47. The number of hydrogen-bond acceptors (Lipinski definition) is 2. The normalized spacial score (nSPS) is 12.7. The van der Waals surface area contributed by atoms with Crippen LogP contribution in [0.25, 0.3) is 0 Å². The van der Waals surface area contributed by atoms with Crippen LogP contribution in [-0.4, -0.2) is 16.3 Å². The van der Waals surface area contributed by atoms with Crippen LogP contribution in [0.15, 0.2) is 28.7 Å². The van der Waals surface area contributed by atoms with E-state index in [4.69, 9.17) is 5.73 Å². The molecule has 0 bridgehead atoms. The maximum atomic E-state index is 5.95. The van der Waals surface area contributed by atoms with Crippen molar-refractivity contribution in [1.29, 1.82) is 0 Å². The second kappa shape index (κ2) is 5.88. The number of halogens is 1. The summed E-state index contributed by atoms with van der Waals surface area (Å²) >= 11 is 3.62. The van der Waals surface area contributed by atoms with Crippen LogP contribution in [0.5, 0.6) is 0 Å². The molecule has 2 N–H and O–H groups in total. The SMILES string of the molecule is Cc1ccc(C(CN)Cc2c(Br)c(C)nn2C)cc1. The molecule has 0 saturated carbocycles. The highest BCUT2D eigenvalue weighted by molar-refractivity contribution is 9.10. The summed E-state index contributed by atoms with van der Waals surface area (Å²) in [6, 6.07) is 8.62. The third kappa shape index (κ3) is 3.07. The molecule has 3 nitrogen and oxygen atoms in total. The zero-order chi connectivity index (χ0) is 14.0. The van der Waals surface area contributed by atoms with Crippen LogP contribution < -0.4 is 5.73 Å². The Labute approximate surface area is 122 Å². The van der Waals surface area contributed by atoms with Crippen LogP contribution in [-0.2, 0) is 13.5 Å².